The number of hydrazine groups is 1. The van der Waals surface area contributed by atoms with Crippen LogP contribution in [-0.4, -0.2) is 32.1 Å². The highest BCUT2D eigenvalue weighted by molar-refractivity contribution is 5.87. The minimum atomic E-state index is -0.582. The van der Waals surface area contributed by atoms with E-state index in [1.807, 2.05) is 39.0 Å². The van der Waals surface area contributed by atoms with Crippen molar-refractivity contribution >= 4 is 5.91 Å². The maximum Gasteiger partial charge on any atom is 0.244 e. The molecule has 0 spiro atoms. The van der Waals surface area contributed by atoms with Crippen LogP contribution in [0.5, 0.6) is 5.75 Å². The van der Waals surface area contributed by atoms with Crippen LogP contribution in [0.3, 0.4) is 0 Å². The van der Waals surface area contributed by atoms with E-state index in [4.69, 9.17) is 4.74 Å². The largest absolute Gasteiger partial charge is 0.496 e. The van der Waals surface area contributed by atoms with Crippen LogP contribution in [0.25, 0.3) is 0 Å². The van der Waals surface area contributed by atoms with E-state index in [1.54, 1.807) is 26.2 Å². The molecule has 0 aromatic heterocycles. The Morgan fingerprint density at radius 1 is 1.33 bits per heavy atom. The van der Waals surface area contributed by atoms with Crippen molar-refractivity contribution in [3.63, 3.8) is 0 Å². The van der Waals surface area contributed by atoms with Gasteiger partial charge in [0.2, 0.25) is 5.91 Å². The highest BCUT2D eigenvalue weighted by atomic mass is 16.5. The van der Waals surface area contributed by atoms with E-state index < -0.39 is 5.41 Å². The van der Waals surface area contributed by atoms with Crippen molar-refractivity contribution in [2.24, 2.45) is 0 Å². The van der Waals surface area contributed by atoms with Gasteiger partial charge in [-0.25, -0.2) is 5.01 Å². The quantitative estimate of drug-likeness (QED) is 0.830. The molecule has 0 fully saturated rings. The third kappa shape index (κ3) is 3.01. The first-order chi connectivity index (χ1) is 8.28. The number of carbonyl (C=O) groups is 1. The molecule has 1 amide bonds. The van der Waals surface area contributed by atoms with Gasteiger partial charge in [0.15, 0.2) is 0 Å². The fraction of sp³-hybridized carbons (Fsp3) is 0.500. The molecule has 0 radical (unpaired) electrons. The Morgan fingerprint density at radius 3 is 2.39 bits per heavy atom. The fourth-order valence-electron chi connectivity index (χ4n) is 1.74. The van der Waals surface area contributed by atoms with E-state index >= 15 is 0 Å². The van der Waals surface area contributed by atoms with Crippen molar-refractivity contribution in [1.29, 1.82) is 0 Å². The molecule has 0 saturated carbocycles. The lowest BCUT2D eigenvalue weighted by Crippen LogP contribution is -2.46. The van der Waals surface area contributed by atoms with Gasteiger partial charge >= 0.3 is 0 Å². The Balaban J connectivity index is 3.04. The number of hydrogen-bond donors (Lipinski definition) is 1. The number of hydrogen-bond acceptors (Lipinski definition) is 3. The SMILES string of the molecule is COc1ccc(C(C)(C)C(=O)NN(C)C)cc1C. The predicted octanol–water partition coefficient (Wildman–Crippen LogP) is 1.87. The van der Waals surface area contributed by atoms with Crippen molar-refractivity contribution in [3.05, 3.63) is 29.3 Å². The maximum absolute atomic E-state index is 12.2. The van der Waals surface area contributed by atoms with Crippen LogP contribution in [0.4, 0.5) is 0 Å². The van der Waals surface area contributed by atoms with Gasteiger partial charge in [0.1, 0.15) is 5.75 Å². The molecule has 4 heteroatoms. The lowest BCUT2D eigenvalue weighted by molar-refractivity contribution is -0.129. The molecule has 1 rings (SSSR count). The van der Waals surface area contributed by atoms with E-state index in [-0.39, 0.29) is 5.91 Å². The van der Waals surface area contributed by atoms with Gasteiger partial charge in [-0.15, -0.1) is 0 Å². The molecule has 0 aliphatic heterocycles. The first-order valence-corrected chi connectivity index (χ1v) is 5.92. The van der Waals surface area contributed by atoms with Crippen molar-refractivity contribution in [2.45, 2.75) is 26.2 Å². The molecule has 0 bridgehead atoms. The normalized spacial score (nSPS) is 11.5. The number of nitrogens with zero attached hydrogens (tertiary/aromatic N) is 1. The number of aryl methyl sites for hydroxylation is 1. The average Bonchev–Trinajstić information content (AvgIpc) is 2.27. The number of amides is 1. The minimum Gasteiger partial charge on any atom is -0.496 e. The smallest absolute Gasteiger partial charge is 0.244 e. The average molecular weight is 250 g/mol. The molecule has 0 aliphatic rings. The molecule has 4 nitrogen and oxygen atoms in total. The Hall–Kier alpha value is -1.55. The van der Waals surface area contributed by atoms with Crippen LogP contribution in [0.1, 0.15) is 25.0 Å². The summed E-state index contributed by atoms with van der Waals surface area (Å²) in [7, 11) is 5.24. The van der Waals surface area contributed by atoms with E-state index in [1.165, 1.54) is 0 Å². The molecule has 100 valence electrons. The van der Waals surface area contributed by atoms with Gasteiger partial charge in [0.05, 0.1) is 12.5 Å². The second-order valence-corrected chi connectivity index (χ2v) is 5.14. The van der Waals surface area contributed by atoms with Crippen molar-refractivity contribution < 1.29 is 9.53 Å². The van der Waals surface area contributed by atoms with Gasteiger partial charge in [-0.3, -0.25) is 10.2 Å². The van der Waals surface area contributed by atoms with Crippen LogP contribution >= 0.6 is 0 Å². The number of carbonyl (C=O) groups excluding carboxylic acids is 1. The Bertz CT molecular complexity index is 439. The second-order valence-electron chi connectivity index (χ2n) is 5.14. The number of ether oxygens (including phenoxy) is 1. The number of methoxy groups -OCH3 is 1. The fourth-order valence-corrected chi connectivity index (χ4v) is 1.74. The van der Waals surface area contributed by atoms with Gasteiger partial charge in [-0.1, -0.05) is 12.1 Å². The molecule has 1 N–H and O–H groups in total. The first kappa shape index (κ1) is 14.5. The summed E-state index contributed by atoms with van der Waals surface area (Å²) in [6.45, 7) is 5.79. The zero-order chi connectivity index (χ0) is 13.9. The molecule has 0 heterocycles. The van der Waals surface area contributed by atoms with Crippen LogP contribution in [0.15, 0.2) is 18.2 Å². The highest BCUT2D eigenvalue weighted by Gasteiger charge is 2.30. The summed E-state index contributed by atoms with van der Waals surface area (Å²) in [4.78, 5) is 12.2. The molecular weight excluding hydrogens is 228 g/mol. The summed E-state index contributed by atoms with van der Waals surface area (Å²) in [5, 5.41) is 1.65. The predicted molar refractivity (Wildman–Crippen MR) is 72.6 cm³/mol. The van der Waals surface area contributed by atoms with E-state index in [0.29, 0.717) is 0 Å². The maximum atomic E-state index is 12.2. The summed E-state index contributed by atoms with van der Waals surface area (Å²) in [5.74, 6) is 0.805. The molecule has 1 aromatic carbocycles. The molecular formula is C14H22N2O2. The van der Waals surface area contributed by atoms with Crippen molar-refractivity contribution in [3.8, 4) is 5.75 Å². The Labute approximate surface area is 109 Å². The van der Waals surface area contributed by atoms with Gasteiger partial charge in [0.25, 0.3) is 0 Å². The summed E-state index contributed by atoms with van der Waals surface area (Å²) < 4.78 is 5.23. The zero-order valence-electron chi connectivity index (χ0n) is 12.0. The van der Waals surface area contributed by atoms with Crippen LogP contribution < -0.4 is 10.2 Å². The number of nitrogens with one attached hydrogen (secondary N) is 1. The van der Waals surface area contributed by atoms with Gasteiger partial charge in [0, 0.05) is 14.1 Å². The molecule has 0 unspecified atom stereocenters. The van der Waals surface area contributed by atoms with Crippen molar-refractivity contribution in [1.82, 2.24) is 10.4 Å². The number of rotatable bonds is 4. The highest BCUT2D eigenvalue weighted by Crippen LogP contribution is 2.28. The van der Waals surface area contributed by atoms with Crippen LogP contribution in [0.2, 0.25) is 0 Å². The van der Waals surface area contributed by atoms with Crippen LogP contribution in [0, 0.1) is 6.92 Å². The summed E-state index contributed by atoms with van der Waals surface area (Å²) in [5.41, 5.74) is 4.21. The van der Waals surface area contributed by atoms with Crippen molar-refractivity contribution in [2.75, 3.05) is 21.2 Å². The summed E-state index contributed by atoms with van der Waals surface area (Å²) in [6.07, 6.45) is 0. The Kier molecular flexibility index (Phi) is 4.35. The molecule has 0 atom stereocenters. The third-order valence-corrected chi connectivity index (χ3v) is 3.01. The first-order valence-electron chi connectivity index (χ1n) is 5.92. The third-order valence-electron chi connectivity index (χ3n) is 3.01. The minimum absolute atomic E-state index is 0.0305. The lowest BCUT2D eigenvalue weighted by Gasteiger charge is -2.26. The van der Waals surface area contributed by atoms with E-state index in [9.17, 15) is 4.79 Å². The summed E-state index contributed by atoms with van der Waals surface area (Å²) in [6, 6.07) is 5.82. The van der Waals surface area contributed by atoms with E-state index in [0.717, 1.165) is 16.9 Å². The Morgan fingerprint density at radius 2 is 1.94 bits per heavy atom. The lowest BCUT2D eigenvalue weighted by atomic mass is 9.83. The zero-order valence-corrected chi connectivity index (χ0v) is 12.0. The molecule has 0 saturated heterocycles. The van der Waals surface area contributed by atoms with Gasteiger partial charge in [-0.2, -0.15) is 0 Å². The number of benzene rings is 1. The standard InChI is InChI=1S/C14H22N2O2/c1-10-9-11(7-8-12(10)18-6)14(2,3)13(17)15-16(4)5/h7-9H,1-6H3,(H,15,17). The molecule has 18 heavy (non-hydrogen) atoms. The second kappa shape index (κ2) is 5.40. The van der Waals surface area contributed by atoms with Gasteiger partial charge in [-0.05, 0) is 38.0 Å². The molecule has 1 aromatic rings. The summed E-state index contributed by atoms with van der Waals surface area (Å²) >= 11 is 0. The topological polar surface area (TPSA) is 41.6 Å². The van der Waals surface area contributed by atoms with E-state index in [2.05, 4.69) is 5.43 Å². The van der Waals surface area contributed by atoms with Gasteiger partial charge < -0.3 is 4.74 Å². The monoisotopic (exact) mass is 250 g/mol. The molecule has 0 aliphatic carbocycles. The van der Waals surface area contributed by atoms with Crippen LogP contribution in [-0.2, 0) is 10.2 Å².